The molecule has 2 rings (SSSR count). The average molecular weight is 379 g/mol. The first-order chi connectivity index (χ1) is 12.1. The zero-order chi connectivity index (χ0) is 19.8. The van der Waals surface area contributed by atoms with Gasteiger partial charge < -0.3 is 14.6 Å². The van der Waals surface area contributed by atoms with E-state index in [9.17, 15) is 37.2 Å². The van der Waals surface area contributed by atoms with E-state index in [2.05, 4.69) is 0 Å². The Bertz CT molecular complexity index is 858. The number of hydrogen-bond donors (Lipinski definition) is 1. The summed E-state index contributed by atoms with van der Waals surface area (Å²) < 4.78 is 76.6. The van der Waals surface area contributed by atoms with E-state index >= 15 is 0 Å². The summed E-state index contributed by atoms with van der Waals surface area (Å²) in [6.07, 6.45) is -1.31. The van der Waals surface area contributed by atoms with Crippen molar-refractivity contribution in [2.75, 3.05) is 7.11 Å². The standard InChI is InChI=1S/C15H10F5NO5/c1-5(22)6-3-8(25-2)9(4-7(6)21(23)24)26-15-13(19)11(17)10(16)12(18)14(15)20/h3-5,22H,1-2H3. The maximum absolute atomic E-state index is 13.7. The summed E-state index contributed by atoms with van der Waals surface area (Å²) >= 11 is 0. The van der Waals surface area contributed by atoms with Gasteiger partial charge in [-0.25, -0.2) is 13.2 Å². The number of halogens is 5. The van der Waals surface area contributed by atoms with Gasteiger partial charge in [-0.15, -0.1) is 0 Å². The summed E-state index contributed by atoms with van der Waals surface area (Å²) in [6, 6.07) is 1.59. The molecule has 11 heteroatoms. The van der Waals surface area contributed by atoms with E-state index in [1.54, 1.807) is 0 Å². The molecule has 0 aliphatic rings. The van der Waals surface area contributed by atoms with Gasteiger partial charge in [0.15, 0.2) is 11.5 Å². The summed E-state index contributed by atoms with van der Waals surface area (Å²) in [4.78, 5) is 10.2. The van der Waals surface area contributed by atoms with Crippen molar-refractivity contribution in [3.63, 3.8) is 0 Å². The van der Waals surface area contributed by atoms with Crippen molar-refractivity contribution in [3.05, 3.63) is 56.9 Å². The molecule has 0 aliphatic carbocycles. The fourth-order valence-corrected chi connectivity index (χ4v) is 2.08. The first-order valence-electron chi connectivity index (χ1n) is 6.83. The van der Waals surface area contributed by atoms with Crippen LogP contribution in [0.3, 0.4) is 0 Å². The Morgan fingerprint density at radius 2 is 1.50 bits per heavy atom. The van der Waals surface area contributed by atoms with Crippen molar-refractivity contribution in [1.82, 2.24) is 0 Å². The Morgan fingerprint density at radius 1 is 1.00 bits per heavy atom. The van der Waals surface area contributed by atoms with Crippen LogP contribution in [0.15, 0.2) is 12.1 Å². The molecule has 0 aromatic heterocycles. The van der Waals surface area contributed by atoms with Crippen LogP contribution in [-0.2, 0) is 0 Å². The van der Waals surface area contributed by atoms with Crippen LogP contribution in [0, 0.1) is 39.2 Å². The molecule has 0 fully saturated rings. The van der Waals surface area contributed by atoms with Gasteiger partial charge in [-0.05, 0) is 13.0 Å². The molecule has 2 aromatic carbocycles. The minimum absolute atomic E-state index is 0.211. The maximum atomic E-state index is 13.7. The Morgan fingerprint density at radius 3 is 1.92 bits per heavy atom. The number of aliphatic hydroxyl groups excluding tert-OH is 1. The third-order valence-electron chi connectivity index (χ3n) is 3.34. The van der Waals surface area contributed by atoms with E-state index in [1.165, 1.54) is 6.92 Å². The van der Waals surface area contributed by atoms with Gasteiger partial charge in [-0.3, -0.25) is 10.1 Å². The molecule has 140 valence electrons. The molecule has 0 bridgehead atoms. The Balaban J connectivity index is 2.68. The fourth-order valence-electron chi connectivity index (χ4n) is 2.08. The number of benzene rings is 2. The van der Waals surface area contributed by atoms with E-state index in [1.807, 2.05) is 0 Å². The zero-order valence-corrected chi connectivity index (χ0v) is 13.1. The molecule has 1 N–H and O–H groups in total. The molecule has 0 heterocycles. The largest absolute Gasteiger partial charge is 0.493 e. The number of ether oxygens (including phenoxy) is 2. The van der Waals surface area contributed by atoms with Gasteiger partial charge >= 0.3 is 0 Å². The van der Waals surface area contributed by atoms with Crippen LogP contribution in [0.2, 0.25) is 0 Å². The van der Waals surface area contributed by atoms with Gasteiger partial charge in [-0.2, -0.15) is 8.78 Å². The van der Waals surface area contributed by atoms with E-state index < -0.39 is 57.3 Å². The van der Waals surface area contributed by atoms with E-state index in [-0.39, 0.29) is 11.3 Å². The Kier molecular flexibility index (Phi) is 5.30. The van der Waals surface area contributed by atoms with E-state index in [4.69, 9.17) is 9.47 Å². The molecule has 0 saturated carbocycles. The first-order valence-corrected chi connectivity index (χ1v) is 6.83. The number of methoxy groups -OCH3 is 1. The maximum Gasteiger partial charge on any atom is 0.279 e. The molecule has 0 amide bonds. The zero-order valence-electron chi connectivity index (χ0n) is 13.1. The SMILES string of the molecule is COc1cc(C(C)O)c([N+](=O)[O-])cc1Oc1c(F)c(F)c(F)c(F)c1F. The lowest BCUT2D eigenvalue weighted by Crippen LogP contribution is -2.06. The summed E-state index contributed by atoms with van der Waals surface area (Å²) in [5, 5.41) is 20.7. The number of hydrogen-bond acceptors (Lipinski definition) is 5. The number of nitrogens with zero attached hydrogens (tertiary/aromatic N) is 1. The molecule has 26 heavy (non-hydrogen) atoms. The number of nitro groups is 1. The average Bonchev–Trinajstić information content (AvgIpc) is 2.61. The highest BCUT2D eigenvalue weighted by Crippen LogP contribution is 2.41. The predicted octanol–water partition coefficient (Wildman–Crippen LogP) is 4.14. The van der Waals surface area contributed by atoms with Crippen LogP contribution in [-0.4, -0.2) is 17.1 Å². The second-order valence-electron chi connectivity index (χ2n) is 5.00. The third kappa shape index (κ3) is 3.25. The van der Waals surface area contributed by atoms with Crippen LogP contribution >= 0.6 is 0 Å². The smallest absolute Gasteiger partial charge is 0.279 e. The molecule has 6 nitrogen and oxygen atoms in total. The lowest BCUT2D eigenvalue weighted by atomic mass is 10.1. The highest BCUT2D eigenvalue weighted by Gasteiger charge is 2.29. The first kappa shape index (κ1) is 19.4. The highest BCUT2D eigenvalue weighted by atomic mass is 19.2. The number of nitro benzene ring substituents is 1. The summed E-state index contributed by atoms with van der Waals surface area (Å²) in [5.74, 6) is -14.1. The van der Waals surface area contributed by atoms with Crippen LogP contribution < -0.4 is 9.47 Å². The fraction of sp³-hybridized carbons (Fsp3) is 0.200. The topological polar surface area (TPSA) is 81.8 Å². The van der Waals surface area contributed by atoms with E-state index in [0.29, 0.717) is 6.07 Å². The normalized spacial score (nSPS) is 12.0. The van der Waals surface area contributed by atoms with Crippen molar-refractivity contribution in [1.29, 1.82) is 0 Å². The predicted molar refractivity (Wildman–Crippen MR) is 76.6 cm³/mol. The van der Waals surface area contributed by atoms with Crippen molar-refractivity contribution in [2.24, 2.45) is 0 Å². The third-order valence-corrected chi connectivity index (χ3v) is 3.34. The second kappa shape index (κ2) is 7.12. The van der Waals surface area contributed by atoms with Crippen LogP contribution in [0.25, 0.3) is 0 Å². The number of aliphatic hydroxyl groups is 1. The van der Waals surface area contributed by atoms with Gasteiger partial charge in [0.25, 0.3) is 5.69 Å². The number of rotatable bonds is 5. The Hall–Kier alpha value is -2.95. The monoisotopic (exact) mass is 379 g/mol. The van der Waals surface area contributed by atoms with Crippen LogP contribution in [0.1, 0.15) is 18.6 Å². The molecule has 0 saturated heterocycles. The molecule has 2 aromatic rings. The van der Waals surface area contributed by atoms with E-state index in [0.717, 1.165) is 13.2 Å². The molecule has 0 radical (unpaired) electrons. The lowest BCUT2D eigenvalue weighted by Gasteiger charge is -2.15. The quantitative estimate of drug-likeness (QED) is 0.278. The summed E-state index contributed by atoms with van der Waals surface area (Å²) in [7, 11) is 1.07. The molecule has 1 atom stereocenters. The van der Waals surface area contributed by atoms with Gasteiger partial charge in [0.2, 0.25) is 34.8 Å². The van der Waals surface area contributed by atoms with Crippen LogP contribution in [0.5, 0.6) is 17.2 Å². The van der Waals surface area contributed by atoms with Crippen molar-refractivity contribution in [2.45, 2.75) is 13.0 Å². The van der Waals surface area contributed by atoms with Gasteiger partial charge in [-0.1, -0.05) is 0 Å². The minimum atomic E-state index is -2.38. The molecule has 0 aliphatic heterocycles. The van der Waals surface area contributed by atoms with Gasteiger partial charge in [0.1, 0.15) is 0 Å². The van der Waals surface area contributed by atoms with Gasteiger partial charge in [0, 0.05) is 0 Å². The summed E-state index contributed by atoms with van der Waals surface area (Å²) in [6.45, 7) is 1.21. The minimum Gasteiger partial charge on any atom is -0.493 e. The highest BCUT2D eigenvalue weighted by molar-refractivity contribution is 5.56. The molecule has 1 unspecified atom stereocenters. The van der Waals surface area contributed by atoms with Crippen molar-refractivity contribution < 1.29 is 41.5 Å². The van der Waals surface area contributed by atoms with Crippen LogP contribution in [0.4, 0.5) is 27.6 Å². The Labute approximate surface area is 142 Å². The molecule has 0 spiro atoms. The van der Waals surface area contributed by atoms with Crippen molar-refractivity contribution >= 4 is 5.69 Å². The second-order valence-corrected chi connectivity index (χ2v) is 5.00. The lowest BCUT2D eigenvalue weighted by molar-refractivity contribution is -0.386. The van der Waals surface area contributed by atoms with Crippen molar-refractivity contribution in [3.8, 4) is 17.2 Å². The molecular weight excluding hydrogens is 369 g/mol. The van der Waals surface area contributed by atoms with Gasteiger partial charge in [0.05, 0.1) is 29.8 Å². The summed E-state index contributed by atoms with van der Waals surface area (Å²) in [5.41, 5.74) is -0.920. The molecular formula is C15H10F5NO5.